The highest BCUT2D eigenvalue weighted by molar-refractivity contribution is 5.72. The summed E-state index contributed by atoms with van der Waals surface area (Å²) < 4.78 is 25.7. The Bertz CT molecular complexity index is 834. The Balaban J connectivity index is 1.36. The van der Waals surface area contributed by atoms with E-state index in [0.29, 0.717) is 25.5 Å². The fraction of sp³-hybridized carbons (Fsp3) is 0.368. The Morgan fingerprint density at radius 1 is 1.24 bits per heavy atom. The number of likely N-dealkylation sites (tertiary alicyclic amines) is 1. The number of aryl methyl sites for hydroxylation is 1. The monoisotopic (exact) mass is 341 g/mol. The largest absolute Gasteiger partial charge is 0.438 e. The van der Waals surface area contributed by atoms with Crippen molar-refractivity contribution in [1.82, 2.24) is 14.9 Å². The van der Waals surface area contributed by atoms with Crippen molar-refractivity contribution in [3.63, 3.8) is 0 Å². The van der Waals surface area contributed by atoms with E-state index in [-0.39, 0.29) is 6.61 Å². The highest BCUT2D eigenvalue weighted by atomic mass is 19.1. The van der Waals surface area contributed by atoms with Crippen LogP contribution in [0.5, 0.6) is 0 Å². The summed E-state index contributed by atoms with van der Waals surface area (Å²) in [5.74, 6) is 0.479. The number of nitrogens with zero attached hydrogens (tertiary/aromatic N) is 3. The first-order valence-corrected chi connectivity index (χ1v) is 8.42. The van der Waals surface area contributed by atoms with Crippen LogP contribution in [0.1, 0.15) is 17.1 Å². The van der Waals surface area contributed by atoms with Gasteiger partial charge < -0.3 is 9.15 Å². The van der Waals surface area contributed by atoms with E-state index in [0.717, 1.165) is 22.4 Å². The van der Waals surface area contributed by atoms with Gasteiger partial charge in [0.2, 0.25) is 5.89 Å². The Hall–Kier alpha value is -2.31. The van der Waals surface area contributed by atoms with E-state index in [1.54, 1.807) is 6.20 Å². The molecule has 2 aromatic heterocycles. The predicted octanol–water partition coefficient (Wildman–Crippen LogP) is 3.27. The van der Waals surface area contributed by atoms with Crippen molar-refractivity contribution in [1.29, 1.82) is 0 Å². The van der Waals surface area contributed by atoms with Gasteiger partial charge in [-0.2, -0.15) is 0 Å². The van der Waals surface area contributed by atoms with E-state index in [1.165, 1.54) is 0 Å². The SMILES string of the molecule is Cc1cccnc1CN1CC(F)C(OCc2nc3ccccc3o2)C1. The molecule has 1 aliphatic heterocycles. The minimum atomic E-state index is -1.02. The normalized spacial score (nSPS) is 21.2. The Kier molecular flexibility index (Phi) is 4.46. The van der Waals surface area contributed by atoms with Crippen molar-refractivity contribution in [2.24, 2.45) is 0 Å². The molecule has 4 rings (SSSR count). The summed E-state index contributed by atoms with van der Waals surface area (Å²) >= 11 is 0. The quantitative estimate of drug-likeness (QED) is 0.713. The van der Waals surface area contributed by atoms with Gasteiger partial charge in [0.25, 0.3) is 0 Å². The Morgan fingerprint density at radius 2 is 2.12 bits per heavy atom. The van der Waals surface area contributed by atoms with Gasteiger partial charge in [-0.25, -0.2) is 9.37 Å². The molecular weight excluding hydrogens is 321 g/mol. The fourth-order valence-corrected chi connectivity index (χ4v) is 3.15. The zero-order valence-electron chi connectivity index (χ0n) is 14.1. The second-order valence-electron chi connectivity index (χ2n) is 6.40. The van der Waals surface area contributed by atoms with E-state index in [9.17, 15) is 4.39 Å². The molecule has 0 radical (unpaired) electrons. The molecule has 0 aliphatic carbocycles. The van der Waals surface area contributed by atoms with E-state index in [2.05, 4.69) is 9.97 Å². The van der Waals surface area contributed by atoms with Gasteiger partial charge in [-0.3, -0.25) is 9.88 Å². The maximum atomic E-state index is 14.3. The molecule has 1 saturated heterocycles. The molecule has 2 atom stereocenters. The molecule has 6 heteroatoms. The molecule has 0 N–H and O–H groups in total. The minimum absolute atomic E-state index is 0.177. The van der Waals surface area contributed by atoms with Crippen molar-refractivity contribution in [3.8, 4) is 0 Å². The summed E-state index contributed by atoms with van der Waals surface area (Å²) in [6, 6.07) is 11.5. The smallest absolute Gasteiger partial charge is 0.221 e. The van der Waals surface area contributed by atoms with Crippen LogP contribution < -0.4 is 0 Å². The number of pyridine rings is 1. The van der Waals surface area contributed by atoms with Crippen LogP contribution in [0.3, 0.4) is 0 Å². The van der Waals surface area contributed by atoms with Crippen LogP contribution in [0.4, 0.5) is 4.39 Å². The average Bonchev–Trinajstić information content (AvgIpc) is 3.18. The molecule has 2 unspecified atom stereocenters. The number of hydrogen-bond donors (Lipinski definition) is 0. The van der Waals surface area contributed by atoms with Gasteiger partial charge in [0.1, 0.15) is 24.4 Å². The molecule has 1 aromatic carbocycles. The topological polar surface area (TPSA) is 51.4 Å². The summed E-state index contributed by atoms with van der Waals surface area (Å²) in [7, 11) is 0. The van der Waals surface area contributed by atoms with Crippen molar-refractivity contribution >= 4 is 11.1 Å². The van der Waals surface area contributed by atoms with E-state index in [4.69, 9.17) is 9.15 Å². The maximum Gasteiger partial charge on any atom is 0.221 e. The number of benzene rings is 1. The number of hydrogen-bond acceptors (Lipinski definition) is 5. The van der Waals surface area contributed by atoms with Crippen LogP contribution in [0.25, 0.3) is 11.1 Å². The molecule has 130 valence electrons. The van der Waals surface area contributed by atoms with Crippen molar-refractivity contribution in [3.05, 3.63) is 59.7 Å². The third kappa shape index (κ3) is 3.55. The van der Waals surface area contributed by atoms with Gasteiger partial charge in [-0.05, 0) is 30.7 Å². The summed E-state index contributed by atoms with van der Waals surface area (Å²) in [6.45, 7) is 3.73. The maximum absolute atomic E-state index is 14.3. The van der Waals surface area contributed by atoms with Gasteiger partial charge in [0.05, 0.1) is 5.69 Å². The third-order valence-electron chi connectivity index (χ3n) is 4.52. The number of alkyl halides is 1. The van der Waals surface area contributed by atoms with Crippen LogP contribution in [-0.2, 0) is 17.9 Å². The van der Waals surface area contributed by atoms with E-state index < -0.39 is 12.3 Å². The molecule has 25 heavy (non-hydrogen) atoms. The molecule has 1 fully saturated rings. The predicted molar refractivity (Wildman–Crippen MR) is 91.7 cm³/mol. The number of ether oxygens (including phenoxy) is 1. The zero-order valence-corrected chi connectivity index (χ0v) is 14.1. The molecule has 1 aliphatic rings. The third-order valence-corrected chi connectivity index (χ3v) is 4.52. The number of para-hydroxylation sites is 2. The Morgan fingerprint density at radius 3 is 2.96 bits per heavy atom. The minimum Gasteiger partial charge on any atom is -0.438 e. The molecular formula is C19H20FN3O2. The lowest BCUT2D eigenvalue weighted by molar-refractivity contribution is 0.00236. The van der Waals surface area contributed by atoms with Crippen molar-refractivity contribution in [2.45, 2.75) is 32.4 Å². The van der Waals surface area contributed by atoms with Crippen molar-refractivity contribution in [2.75, 3.05) is 13.1 Å². The van der Waals surface area contributed by atoms with Crippen LogP contribution in [0, 0.1) is 6.92 Å². The molecule has 5 nitrogen and oxygen atoms in total. The van der Waals surface area contributed by atoms with Gasteiger partial charge in [-0.15, -0.1) is 0 Å². The van der Waals surface area contributed by atoms with Crippen LogP contribution in [0.2, 0.25) is 0 Å². The van der Waals surface area contributed by atoms with Crippen LogP contribution in [-0.4, -0.2) is 40.2 Å². The molecule has 0 spiro atoms. The molecule has 0 amide bonds. The number of rotatable bonds is 5. The first-order chi connectivity index (χ1) is 12.2. The average molecular weight is 341 g/mol. The van der Waals surface area contributed by atoms with Gasteiger partial charge in [0, 0.05) is 25.8 Å². The second kappa shape index (κ2) is 6.90. The van der Waals surface area contributed by atoms with E-state index >= 15 is 0 Å². The number of halogens is 1. The molecule has 0 bridgehead atoms. The van der Waals surface area contributed by atoms with E-state index in [1.807, 2.05) is 48.2 Å². The van der Waals surface area contributed by atoms with Gasteiger partial charge >= 0.3 is 0 Å². The van der Waals surface area contributed by atoms with Gasteiger partial charge in [-0.1, -0.05) is 18.2 Å². The second-order valence-corrected chi connectivity index (χ2v) is 6.40. The first kappa shape index (κ1) is 16.2. The zero-order chi connectivity index (χ0) is 17.2. The Labute approximate surface area is 145 Å². The number of aromatic nitrogens is 2. The molecule has 3 heterocycles. The number of oxazole rings is 1. The summed E-state index contributed by atoms with van der Waals surface area (Å²) in [5.41, 5.74) is 3.61. The van der Waals surface area contributed by atoms with Crippen LogP contribution >= 0.6 is 0 Å². The molecule has 0 saturated carbocycles. The summed E-state index contributed by atoms with van der Waals surface area (Å²) in [4.78, 5) is 10.8. The fourth-order valence-electron chi connectivity index (χ4n) is 3.15. The first-order valence-electron chi connectivity index (χ1n) is 8.42. The van der Waals surface area contributed by atoms with Crippen molar-refractivity contribution < 1.29 is 13.5 Å². The lowest BCUT2D eigenvalue weighted by Gasteiger charge is -2.16. The highest BCUT2D eigenvalue weighted by Crippen LogP contribution is 2.22. The number of fused-ring (bicyclic) bond motifs is 1. The lowest BCUT2D eigenvalue weighted by atomic mass is 10.2. The van der Waals surface area contributed by atoms with Crippen LogP contribution in [0.15, 0.2) is 47.0 Å². The lowest BCUT2D eigenvalue weighted by Crippen LogP contribution is -2.24. The van der Waals surface area contributed by atoms with Gasteiger partial charge in [0.15, 0.2) is 5.58 Å². The summed E-state index contributed by atoms with van der Waals surface area (Å²) in [5, 5.41) is 0. The highest BCUT2D eigenvalue weighted by Gasteiger charge is 2.34. The standard InChI is InChI=1S/C19H20FN3O2/c1-13-5-4-8-21-16(13)10-23-9-14(20)18(11-23)24-12-19-22-15-6-2-3-7-17(15)25-19/h2-8,14,18H,9-12H2,1H3. The summed E-state index contributed by atoms with van der Waals surface area (Å²) in [6.07, 6.45) is 0.277. The molecule has 3 aromatic rings.